The van der Waals surface area contributed by atoms with Gasteiger partial charge in [0.2, 0.25) is 0 Å². The fraction of sp³-hybridized carbons (Fsp3) is 0.0714. The minimum absolute atomic E-state index is 0.0210. The second-order valence-corrected chi connectivity index (χ2v) is 5.67. The molecule has 0 aliphatic carbocycles. The number of benzene rings is 1. The number of halogens is 2. The summed E-state index contributed by atoms with van der Waals surface area (Å²) in [7, 11) is 1.45. The van der Waals surface area contributed by atoms with Crippen molar-refractivity contribution in [1.82, 2.24) is 10.4 Å². The third-order valence-corrected chi connectivity index (χ3v) is 4.86. The van der Waals surface area contributed by atoms with Gasteiger partial charge in [-0.15, -0.1) is 0 Å². The highest BCUT2D eigenvalue weighted by Gasteiger charge is 2.13. The van der Waals surface area contributed by atoms with Crippen molar-refractivity contribution >= 4 is 44.0 Å². The van der Waals surface area contributed by atoms with Crippen LogP contribution in [-0.2, 0) is 0 Å². The standard InChI is InChI=1S/C14H11Br2N3O3/c1-22-10-6-9(11(15)12(16)13(10)20)7-18-19-14(21)8-2-4-17-5-3-8/h2-7,20H,1H3,(H,19,21). The van der Waals surface area contributed by atoms with E-state index in [1.165, 1.54) is 25.7 Å². The smallest absolute Gasteiger partial charge is 0.271 e. The molecule has 1 aromatic heterocycles. The average molecular weight is 429 g/mol. The van der Waals surface area contributed by atoms with Crippen molar-refractivity contribution in [2.45, 2.75) is 0 Å². The molecule has 1 heterocycles. The molecule has 8 heteroatoms. The number of hydrazone groups is 1. The number of pyridine rings is 1. The molecule has 22 heavy (non-hydrogen) atoms. The number of aromatic nitrogens is 1. The molecule has 1 amide bonds. The molecule has 0 aliphatic heterocycles. The Hall–Kier alpha value is -1.93. The van der Waals surface area contributed by atoms with E-state index < -0.39 is 0 Å². The van der Waals surface area contributed by atoms with Crippen LogP contribution in [0.1, 0.15) is 15.9 Å². The Labute approximate surface area is 143 Å². The summed E-state index contributed by atoms with van der Waals surface area (Å²) >= 11 is 6.58. The fourth-order valence-corrected chi connectivity index (χ4v) is 2.42. The van der Waals surface area contributed by atoms with Crippen LogP contribution < -0.4 is 10.2 Å². The molecule has 0 atom stereocenters. The number of phenols is 1. The molecule has 2 N–H and O–H groups in total. The fourth-order valence-electron chi connectivity index (χ4n) is 1.59. The van der Waals surface area contributed by atoms with Crippen molar-refractivity contribution in [3.63, 3.8) is 0 Å². The van der Waals surface area contributed by atoms with Gasteiger partial charge < -0.3 is 9.84 Å². The number of hydrogen-bond acceptors (Lipinski definition) is 5. The van der Waals surface area contributed by atoms with Gasteiger partial charge in [0.1, 0.15) is 0 Å². The lowest BCUT2D eigenvalue weighted by Gasteiger charge is -2.09. The highest BCUT2D eigenvalue weighted by Crippen LogP contribution is 2.41. The molecule has 0 saturated carbocycles. The van der Waals surface area contributed by atoms with Crippen LogP contribution in [0.2, 0.25) is 0 Å². The van der Waals surface area contributed by atoms with Crippen LogP contribution in [0.25, 0.3) is 0 Å². The minimum atomic E-state index is -0.348. The Morgan fingerprint density at radius 1 is 1.36 bits per heavy atom. The molecule has 2 aromatic rings. The summed E-state index contributed by atoms with van der Waals surface area (Å²) in [6.45, 7) is 0. The SMILES string of the molecule is COc1cc(C=NNC(=O)c2ccncc2)c(Br)c(Br)c1O. The molecule has 114 valence electrons. The molecule has 2 rings (SSSR count). The second kappa shape index (κ2) is 7.37. The Morgan fingerprint density at radius 3 is 2.68 bits per heavy atom. The molecular formula is C14H11Br2N3O3. The van der Waals surface area contributed by atoms with Crippen LogP contribution in [0.5, 0.6) is 11.5 Å². The van der Waals surface area contributed by atoms with Crippen LogP contribution in [0.4, 0.5) is 0 Å². The molecule has 0 fully saturated rings. The van der Waals surface area contributed by atoms with Crippen molar-refractivity contribution in [1.29, 1.82) is 0 Å². The summed E-state index contributed by atoms with van der Waals surface area (Å²) in [4.78, 5) is 15.7. The number of nitrogens with zero attached hydrogens (tertiary/aromatic N) is 2. The van der Waals surface area contributed by atoms with Gasteiger partial charge in [0.15, 0.2) is 11.5 Å². The first kappa shape index (κ1) is 16.4. The van der Waals surface area contributed by atoms with Crippen LogP contribution in [0.3, 0.4) is 0 Å². The van der Waals surface area contributed by atoms with E-state index in [1.807, 2.05) is 0 Å². The van der Waals surface area contributed by atoms with Crippen LogP contribution in [0.15, 0.2) is 44.6 Å². The number of rotatable bonds is 4. The maximum absolute atomic E-state index is 11.8. The second-order valence-electron chi connectivity index (χ2n) is 4.08. The number of methoxy groups -OCH3 is 1. The van der Waals surface area contributed by atoms with Gasteiger partial charge in [0, 0.05) is 28.0 Å². The molecule has 1 aromatic carbocycles. The first-order chi connectivity index (χ1) is 10.5. The predicted octanol–water partition coefficient (Wildman–Crippen LogP) is 3.08. The number of aromatic hydroxyl groups is 1. The number of carbonyl (C=O) groups excluding carboxylic acids is 1. The quantitative estimate of drug-likeness (QED) is 0.578. The van der Waals surface area contributed by atoms with Crippen LogP contribution in [-0.4, -0.2) is 29.3 Å². The van der Waals surface area contributed by atoms with Gasteiger partial charge in [-0.25, -0.2) is 5.43 Å². The molecule has 0 bridgehead atoms. The predicted molar refractivity (Wildman–Crippen MR) is 89.4 cm³/mol. The first-order valence-corrected chi connectivity index (χ1v) is 7.61. The van der Waals surface area contributed by atoms with Crippen molar-refractivity contribution in [2.24, 2.45) is 5.10 Å². The van der Waals surface area contributed by atoms with Crippen molar-refractivity contribution in [2.75, 3.05) is 7.11 Å². The third kappa shape index (κ3) is 3.63. The largest absolute Gasteiger partial charge is 0.503 e. The van der Waals surface area contributed by atoms with E-state index in [1.54, 1.807) is 18.2 Å². The lowest BCUT2D eigenvalue weighted by molar-refractivity contribution is 0.0955. The van der Waals surface area contributed by atoms with Crippen LogP contribution >= 0.6 is 31.9 Å². The van der Waals surface area contributed by atoms with Crippen LogP contribution in [0, 0.1) is 0 Å². The molecule has 0 saturated heterocycles. The summed E-state index contributed by atoms with van der Waals surface area (Å²) in [5, 5.41) is 13.7. The third-order valence-electron chi connectivity index (χ3n) is 2.71. The Balaban J connectivity index is 2.17. The molecule has 0 spiro atoms. The van der Waals surface area contributed by atoms with Crippen molar-refractivity contribution in [3.05, 3.63) is 50.7 Å². The van der Waals surface area contributed by atoms with Crippen molar-refractivity contribution < 1.29 is 14.6 Å². The Bertz CT molecular complexity index is 721. The maximum atomic E-state index is 11.8. The Morgan fingerprint density at radius 2 is 2.05 bits per heavy atom. The zero-order valence-corrected chi connectivity index (χ0v) is 14.6. The molecule has 0 unspecified atom stereocenters. The van der Waals surface area contributed by atoms with Gasteiger partial charge in [-0.05, 0) is 50.1 Å². The molecule has 0 aliphatic rings. The normalized spacial score (nSPS) is 10.7. The van der Waals surface area contributed by atoms with Gasteiger partial charge in [0.05, 0.1) is 17.8 Å². The zero-order chi connectivity index (χ0) is 16.1. The molecule has 6 nitrogen and oxygen atoms in total. The number of carbonyl (C=O) groups is 1. The summed E-state index contributed by atoms with van der Waals surface area (Å²) in [6.07, 6.45) is 4.49. The van der Waals surface area contributed by atoms with E-state index >= 15 is 0 Å². The van der Waals surface area contributed by atoms with E-state index in [-0.39, 0.29) is 17.4 Å². The van der Waals surface area contributed by atoms with E-state index in [0.29, 0.717) is 20.1 Å². The number of hydrogen-bond donors (Lipinski definition) is 2. The summed E-state index contributed by atoms with van der Waals surface area (Å²) in [6, 6.07) is 4.76. The van der Waals surface area contributed by atoms with Gasteiger partial charge in [-0.2, -0.15) is 5.10 Å². The van der Waals surface area contributed by atoms with Gasteiger partial charge in [-0.3, -0.25) is 9.78 Å². The van der Waals surface area contributed by atoms with Gasteiger partial charge in [-0.1, -0.05) is 0 Å². The molecule has 0 radical (unpaired) electrons. The van der Waals surface area contributed by atoms with E-state index in [4.69, 9.17) is 4.74 Å². The summed E-state index contributed by atoms with van der Waals surface area (Å²) in [5.74, 6) is -0.0797. The van der Waals surface area contributed by atoms with Crippen molar-refractivity contribution in [3.8, 4) is 11.5 Å². The Kier molecular flexibility index (Phi) is 5.51. The number of nitrogens with one attached hydrogen (secondary N) is 1. The highest BCUT2D eigenvalue weighted by atomic mass is 79.9. The maximum Gasteiger partial charge on any atom is 0.271 e. The lowest BCUT2D eigenvalue weighted by Crippen LogP contribution is -2.17. The summed E-state index contributed by atoms with van der Waals surface area (Å²) in [5.41, 5.74) is 3.49. The van der Waals surface area contributed by atoms with Gasteiger partial charge >= 0.3 is 0 Å². The topological polar surface area (TPSA) is 83.8 Å². The average Bonchev–Trinajstić information content (AvgIpc) is 2.55. The molecular weight excluding hydrogens is 418 g/mol. The minimum Gasteiger partial charge on any atom is -0.503 e. The number of phenolic OH excluding ortho intramolecular Hbond substituents is 1. The first-order valence-electron chi connectivity index (χ1n) is 6.03. The van der Waals surface area contributed by atoms with Gasteiger partial charge in [0.25, 0.3) is 5.91 Å². The monoisotopic (exact) mass is 427 g/mol. The van der Waals surface area contributed by atoms with E-state index in [9.17, 15) is 9.90 Å². The highest BCUT2D eigenvalue weighted by molar-refractivity contribution is 9.13. The van der Waals surface area contributed by atoms with E-state index in [0.717, 1.165) is 0 Å². The number of amides is 1. The number of ether oxygens (including phenoxy) is 1. The summed E-state index contributed by atoms with van der Waals surface area (Å²) < 4.78 is 6.09. The van der Waals surface area contributed by atoms with E-state index in [2.05, 4.69) is 47.4 Å². The zero-order valence-electron chi connectivity index (χ0n) is 11.4. The lowest BCUT2D eigenvalue weighted by atomic mass is 10.2.